The Balaban J connectivity index is 1.74. The summed E-state index contributed by atoms with van der Waals surface area (Å²) in [6, 6.07) is 10.6. The molecule has 0 aromatic heterocycles. The second-order valence-corrected chi connectivity index (χ2v) is 6.77. The van der Waals surface area contributed by atoms with Crippen molar-refractivity contribution in [2.45, 2.75) is 24.8 Å². The summed E-state index contributed by atoms with van der Waals surface area (Å²) >= 11 is 6.05. The summed E-state index contributed by atoms with van der Waals surface area (Å²) in [7, 11) is -2.66. The maximum Gasteiger partial charge on any atom is 0.146 e. The summed E-state index contributed by atoms with van der Waals surface area (Å²) in [5, 5.41) is 3.69. The van der Waals surface area contributed by atoms with E-state index >= 15 is 0 Å². The first-order valence-corrected chi connectivity index (χ1v) is 8.84. The van der Waals surface area contributed by atoms with E-state index in [9.17, 15) is 0 Å². The van der Waals surface area contributed by atoms with Crippen LogP contribution in [0.4, 0.5) is 0 Å². The van der Waals surface area contributed by atoms with Crippen LogP contribution in [0.1, 0.15) is 47.0 Å². The average Bonchev–Trinajstić information content (AvgIpc) is 2.67. The van der Waals surface area contributed by atoms with Crippen LogP contribution in [0.15, 0.2) is 42.5 Å². The van der Waals surface area contributed by atoms with Crippen molar-refractivity contribution in [3.05, 3.63) is 64.2 Å². The third-order valence-electron chi connectivity index (χ3n) is 4.80. The molecular formula is C21H22ClNO2. The molecule has 0 saturated carbocycles. The molecule has 2 heterocycles. The zero-order valence-electron chi connectivity index (χ0n) is 17.7. The normalized spacial score (nSPS) is 25.8. The molecule has 25 heavy (non-hydrogen) atoms. The van der Waals surface area contributed by atoms with Gasteiger partial charge in [0.25, 0.3) is 0 Å². The summed E-state index contributed by atoms with van der Waals surface area (Å²) in [6.07, 6.45) is 3.84. The van der Waals surface area contributed by atoms with E-state index in [1.54, 1.807) is 18.2 Å². The number of piperidine rings is 1. The number of methoxy groups -OCH3 is 1. The highest BCUT2D eigenvalue weighted by Gasteiger charge is 2.26. The SMILES string of the molecule is [2H]C([2H])([2H])Oc1cc(Cl)ccc1C1([2H])C=Cc2cccc(C3CCNCC3)c2O1. The molecule has 2 aromatic carbocycles. The lowest BCUT2D eigenvalue weighted by Gasteiger charge is -2.29. The maximum atomic E-state index is 8.99. The van der Waals surface area contributed by atoms with Gasteiger partial charge >= 0.3 is 0 Å². The van der Waals surface area contributed by atoms with Gasteiger partial charge < -0.3 is 14.8 Å². The lowest BCUT2D eigenvalue weighted by atomic mass is 9.87. The zero-order valence-corrected chi connectivity index (χ0v) is 14.5. The van der Waals surface area contributed by atoms with E-state index < -0.39 is 13.1 Å². The topological polar surface area (TPSA) is 30.5 Å². The number of rotatable bonds is 3. The summed E-state index contributed by atoms with van der Waals surface area (Å²) in [4.78, 5) is 0. The van der Waals surface area contributed by atoms with Gasteiger partial charge in [-0.05, 0) is 61.7 Å². The number of ether oxygens (including phenoxy) is 2. The van der Waals surface area contributed by atoms with Crippen LogP contribution in [0.3, 0.4) is 0 Å². The Hall–Kier alpha value is -1.97. The molecule has 3 nitrogen and oxygen atoms in total. The van der Waals surface area contributed by atoms with E-state index in [4.69, 9.17) is 26.6 Å². The van der Waals surface area contributed by atoms with Crippen LogP contribution >= 0.6 is 11.6 Å². The smallest absolute Gasteiger partial charge is 0.146 e. The van der Waals surface area contributed by atoms with E-state index in [1.165, 1.54) is 6.07 Å². The standard InChI is InChI=1S/C21H22ClNO2/c1-24-20-13-16(22)6-7-18(20)19-8-5-15-3-2-4-17(21(15)25-19)14-9-11-23-12-10-14/h2-8,13-14,19,23H,9-12H2,1H3/i1D3,19D. The molecule has 4 rings (SSSR count). The van der Waals surface area contributed by atoms with Crippen molar-refractivity contribution in [1.29, 1.82) is 0 Å². The lowest BCUT2D eigenvalue weighted by molar-refractivity contribution is 0.240. The number of fused-ring (bicyclic) bond motifs is 1. The van der Waals surface area contributed by atoms with Crippen LogP contribution in [-0.2, 0) is 0 Å². The third-order valence-corrected chi connectivity index (χ3v) is 5.04. The third kappa shape index (κ3) is 3.26. The largest absolute Gasteiger partial charge is 0.496 e. The minimum atomic E-state index is -2.66. The molecule has 0 radical (unpaired) electrons. The number of halogens is 1. The van der Waals surface area contributed by atoms with Gasteiger partial charge in [0.2, 0.25) is 0 Å². The van der Waals surface area contributed by atoms with Crippen molar-refractivity contribution in [3.8, 4) is 11.5 Å². The van der Waals surface area contributed by atoms with Crippen LogP contribution < -0.4 is 14.8 Å². The first-order valence-electron chi connectivity index (χ1n) is 10.5. The zero-order chi connectivity index (χ0) is 20.6. The quantitative estimate of drug-likeness (QED) is 0.839. The molecule has 130 valence electrons. The molecule has 1 unspecified atom stereocenters. The van der Waals surface area contributed by atoms with Crippen LogP contribution in [-0.4, -0.2) is 20.1 Å². The van der Waals surface area contributed by atoms with Gasteiger partial charge in [-0.15, -0.1) is 0 Å². The predicted octanol–water partition coefficient (Wildman–Crippen LogP) is 4.96. The van der Waals surface area contributed by atoms with E-state index in [1.807, 2.05) is 18.2 Å². The van der Waals surface area contributed by atoms with E-state index in [2.05, 4.69) is 11.4 Å². The minimum absolute atomic E-state index is 0.0138. The number of nitrogens with one attached hydrogen (secondary N) is 1. The van der Waals surface area contributed by atoms with Crippen molar-refractivity contribution >= 4 is 17.7 Å². The monoisotopic (exact) mass is 359 g/mol. The average molecular weight is 360 g/mol. The molecule has 0 amide bonds. The Morgan fingerprint density at radius 1 is 1.24 bits per heavy atom. The van der Waals surface area contributed by atoms with Crippen LogP contribution in [0.2, 0.25) is 5.02 Å². The first-order chi connectivity index (χ1) is 13.8. The van der Waals surface area contributed by atoms with Gasteiger partial charge in [0.05, 0.1) is 12.5 Å². The molecule has 1 saturated heterocycles. The lowest BCUT2D eigenvalue weighted by Crippen LogP contribution is -2.27. The number of hydrogen-bond donors (Lipinski definition) is 1. The fourth-order valence-corrected chi connectivity index (χ4v) is 3.68. The fraction of sp³-hybridized carbons (Fsp3) is 0.333. The van der Waals surface area contributed by atoms with Gasteiger partial charge in [-0.3, -0.25) is 0 Å². The first kappa shape index (κ1) is 12.4. The van der Waals surface area contributed by atoms with Crippen LogP contribution in [0.5, 0.6) is 11.5 Å². The predicted molar refractivity (Wildman–Crippen MR) is 102 cm³/mol. The van der Waals surface area contributed by atoms with E-state index in [0.717, 1.165) is 37.1 Å². The van der Waals surface area contributed by atoms with Crippen molar-refractivity contribution in [3.63, 3.8) is 0 Å². The second-order valence-electron chi connectivity index (χ2n) is 6.33. The Labute approximate surface area is 159 Å². The van der Waals surface area contributed by atoms with Crippen molar-refractivity contribution in [2.75, 3.05) is 20.1 Å². The van der Waals surface area contributed by atoms with Gasteiger partial charge in [0.15, 0.2) is 0 Å². The minimum Gasteiger partial charge on any atom is -0.496 e. The number of para-hydroxylation sites is 1. The Bertz CT molecular complexity index is 941. The molecule has 1 atom stereocenters. The van der Waals surface area contributed by atoms with Gasteiger partial charge in [-0.2, -0.15) is 0 Å². The molecule has 1 fully saturated rings. The van der Waals surface area contributed by atoms with Crippen molar-refractivity contribution < 1.29 is 15.0 Å². The molecule has 2 aliphatic rings. The number of benzene rings is 2. The maximum absolute atomic E-state index is 8.99. The van der Waals surface area contributed by atoms with E-state index in [0.29, 0.717) is 22.3 Å². The summed E-state index contributed by atoms with van der Waals surface area (Å²) in [5.41, 5.74) is 2.29. The van der Waals surface area contributed by atoms with Crippen molar-refractivity contribution in [1.82, 2.24) is 5.32 Å². The second kappa shape index (κ2) is 7.11. The number of hydrogen-bond acceptors (Lipinski definition) is 3. The molecule has 2 aliphatic heterocycles. The Morgan fingerprint density at radius 2 is 2.12 bits per heavy atom. The fourth-order valence-electron chi connectivity index (χ4n) is 3.52. The van der Waals surface area contributed by atoms with Crippen LogP contribution in [0, 0.1) is 0 Å². The highest BCUT2D eigenvalue weighted by Crippen LogP contribution is 2.42. The van der Waals surface area contributed by atoms with Gasteiger partial charge in [0.1, 0.15) is 17.6 Å². The van der Waals surface area contributed by atoms with Gasteiger partial charge in [0, 0.05) is 16.1 Å². The molecule has 1 N–H and O–H groups in total. The molecule has 0 bridgehead atoms. The van der Waals surface area contributed by atoms with Gasteiger partial charge in [-0.1, -0.05) is 35.9 Å². The summed E-state index contributed by atoms with van der Waals surface area (Å²) in [6.45, 7) is 1.90. The van der Waals surface area contributed by atoms with Crippen LogP contribution in [0.25, 0.3) is 6.08 Å². The highest BCUT2D eigenvalue weighted by molar-refractivity contribution is 6.30. The van der Waals surface area contributed by atoms with Crippen molar-refractivity contribution in [2.24, 2.45) is 0 Å². The Kier molecular flexibility index (Phi) is 3.52. The summed E-state index contributed by atoms with van der Waals surface area (Å²) < 4.78 is 42.7. The molecular weight excluding hydrogens is 334 g/mol. The van der Waals surface area contributed by atoms with E-state index in [-0.39, 0.29) is 5.75 Å². The summed E-state index contributed by atoms with van der Waals surface area (Å²) in [5.74, 6) is 1.04. The molecule has 0 aliphatic carbocycles. The van der Waals surface area contributed by atoms with Gasteiger partial charge in [-0.25, -0.2) is 0 Å². The highest BCUT2D eigenvalue weighted by atomic mass is 35.5. The molecule has 4 heteroatoms. The Morgan fingerprint density at radius 3 is 2.96 bits per heavy atom. The molecule has 0 spiro atoms. The molecule has 2 aromatic rings.